The van der Waals surface area contributed by atoms with Crippen LogP contribution in [0.3, 0.4) is 0 Å². The van der Waals surface area contributed by atoms with Gasteiger partial charge in [-0.15, -0.1) is 0 Å². The van der Waals surface area contributed by atoms with Crippen molar-refractivity contribution in [3.8, 4) is 11.8 Å². The van der Waals surface area contributed by atoms with E-state index in [9.17, 15) is 9.18 Å². The standard InChI is InChI=1S/C13H15FN2O2/c1-4-13(2,8-15)12(17)16-9-5-6-11(18-3)10(14)7-9/h5-7H,4H2,1-3H3,(H,16,17). The van der Waals surface area contributed by atoms with Crippen molar-refractivity contribution >= 4 is 11.6 Å². The zero-order chi connectivity index (χ0) is 13.8. The summed E-state index contributed by atoms with van der Waals surface area (Å²) in [5.74, 6) is -0.908. The Morgan fingerprint density at radius 3 is 2.72 bits per heavy atom. The highest BCUT2D eigenvalue weighted by molar-refractivity contribution is 5.96. The third-order valence-corrected chi connectivity index (χ3v) is 2.86. The van der Waals surface area contributed by atoms with Crippen LogP contribution in [0.4, 0.5) is 10.1 Å². The summed E-state index contributed by atoms with van der Waals surface area (Å²) < 4.78 is 18.2. The molecule has 0 saturated heterocycles. The van der Waals surface area contributed by atoms with Gasteiger partial charge in [-0.2, -0.15) is 5.26 Å². The zero-order valence-electron chi connectivity index (χ0n) is 10.6. The van der Waals surface area contributed by atoms with Crippen molar-refractivity contribution in [1.29, 1.82) is 5.26 Å². The first-order valence-corrected chi connectivity index (χ1v) is 5.53. The molecular weight excluding hydrogens is 235 g/mol. The van der Waals surface area contributed by atoms with Gasteiger partial charge >= 0.3 is 0 Å². The molecule has 1 amide bonds. The molecule has 0 aromatic heterocycles. The number of rotatable bonds is 4. The summed E-state index contributed by atoms with van der Waals surface area (Å²) in [6, 6.07) is 6.05. The van der Waals surface area contributed by atoms with Crippen LogP contribution in [0.25, 0.3) is 0 Å². The van der Waals surface area contributed by atoms with Gasteiger partial charge < -0.3 is 10.1 Å². The molecule has 4 nitrogen and oxygen atoms in total. The van der Waals surface area contributed by atoms with E-state index in [1.54, 1.807) is 13.8 Å². The Morgan fingerprint density at radius 2 is 2.28 bits per heavy atom. The van der Waals surface area contributed by atoms with Crippen LogP contribution in [0.5, 0.6) is 5.75 Å². The van der Waals surface area contributed by atoms with Crippen LogP contribution in [0.2, 0.25) is 0 Å². The molecule has 0 spiro atoms. The summed E-state index contributed by atoms with van der Waals surface area (Å²) in [4.78, 5) is 11.9. The lowest BCUT2D eigenvalue weighted by Gasteiger charge is -2.18. The Kier molecular flexibility index (Phi) is 4.27. The highest BCUT2D eigenvalue weighted by Gasteiger charge is 2.31. The molecule has 0 saturated carbocycles. The van der Waals surface area contributed by atoms with Crippen molar-refractivity contribution in [1.82, 2.24) is 0 Å². The van der Waals surface area contributed by atoms with Gasteiger partial charge in [0.25, 0.3) is 0 Å². The van der Waals surface area contributed by atoms with Crippen LogP contribution < -0.4 is 10.1 Å². The van der Waals surface area contributed by atoms with Crippen molar-refractivity contribution in [2.24, 2.45) is 5.41 Å². The van der Waals surface area contributed by atoms with Crippen molar-refractivity contribution < 1.29 is 13.9 Å². The highest BCUT2D eigenvalue weighted by atomic mass is 19.1. The summed E-state index contributed by atoms with van der Waals surface area (Å²) in [5, 5.41) is 11.5. The number of amides is 1. The summed E-state index contributed by atoms with van der Waals surface area (Å²) in [6.07, 6.45) is 0.383. The fraction of sp³-hybridized carbons (Fsp3) is 0.385. The molecule has 5 heteroatoms. The van der Waals surface area contributed by atoms with Crippen LogP contribution in [0.15, 0.2) is 18.2 Å². The van der Waals surface area contributed by atoms with E-state index in [2.05, 4.69) is 5.32 Å². The summed E-state index contributed by atoms with van der Waals surface area (Å²) in [6.45, 7) is 3.29. The van der Waals surface area contributed by atoms with Gasteiger partial charge in [0.2, 0.25) is 5.91 Å². The van der Waals surface area contributed by atoms with Gasteiger partial charge in [0.15, 0.2) is 11.6 Å². The third kappa shape index (κ3) is 2.77. The Hall–Kier alpha value is -2.09. The minimum atomic E-state index is -1.11. The lowest BCUT2D eigenvalue weighted by molar-refractivity contribution is -0.122. The van der Waals surface area contributed by atoms with Gasteiger partial charge in [-0.25, -0.2) is 4.39 Å². The molecule has 1 aromatic rings. The van der Waals surface area contributed by atoms with Crippen LogP contribution in [-0.4, -0.2) is 13.0 Å². The SMILES string of the molecule is CCC(C)(C#N)C(=O)Nc1ccc(OC)c(F)c1. The monoisotopic (exact) mass is 250 g/mol. The Morgan fingerprint density at radius 1 is 1.61 bits per heavy atom. The predicted octanol–water partition coefficient (Wildman–Crippen LogP) is 2.71. The first kappa shape index (κ1) is 14.0. The fourth-order valence-corrected chi connectivity index (χ4v) is 1.30. The van der Waals surface area contributed by atoms with E-state index in [1.807, 2.05) is 6.07 Å². The number of nitrogens with one attached hydrogen (secondary N) is 1. The molecule has 0 aliphatic rings. The average Bonchev–Trinajstić information content (AvgIpc) is 2.38. The Labute approximate surface area is 105 Å². The smallest absolute Gasteiger partial charge is 0.244 e. The number of ether oxygens (including phenoxy) is 1. The van der Waals surface area contributed by atoms with E-state index in [-0.39, 0.29) is 5.75 Å². The maximum atomic E-state index is 13.4. The minimum Gasteiger partial charge on any atom is -0.494 e. The number of methoxy groups -OCH3 is 1. The first-order chi connectivity index (χ1) is 8.46. The lowest BCUT2D eigenvalue weighted by Crippen LogP contribution is -2.31. The Bertz CT molecular complexity index is 496. The summed E-state index contributed by atoms with van der Waals surface area (Å²) in [5.41, 5.74) is -0.815. The zero-order valence-corrected chi connectivity index (χ0v) is 10.6. The van der Waals surface area contributed by atoms with Gasteiger partial charge in [-0.1, -0.05) is 6.92 Å². The second kappa shape index (κ2) is 5.50. The van der Waals surface area contributed by atoms with Gasteiger partial charge in [-0.05, 0) is 25.5 Å². The molecule has 1 N–H and O–H groups in total. The largest absolute Gasteiger partial charge is 0.494 e. The molecule has 0 radical (unpaired) electrons. The molecule has 0 fully saturated rings. The van der Waals surface area contributed by atoms with Crippen LogP contribution in [0, 0.1) is 22.6 Å². The highest BCUT2D eigenvalue weighted by Crippen LogP contribution is 2.25. The van der Waals surface area contributed by atoms with Crippen LogP contribution >= 0.6 is 0 Å². The van der Waals surface area contributed by atoms with Crippen LogP contribution in [-0.2, 0) is 4.79 Å². The number of carbonyl (C=O) groups is 1. The molecular formula is C13H15FN2O2. The average molecular weight is 250 g/mol. The molecule has 0 heterocycles. The van der Waals surface area contributed by atoms with Gasteiger partial charge in [0, 0.05) is 11.8 Å². The van der Waals surface area contributed by atoms with Crippen molar-refractivity contribution in [3.05, 3.63) is 24.0 Å². The number of anilines is 1. The molecule has 0 aliphatic heterocycles. The predicted molar refractivity (Wildman–Crippen MR) is 65.6 cm³/mol. The molecule has 96 valence electrons. The third-order valence-electron chi connectivity index (χ3n) is 2.86. The first-order valence-electron chi connectivity index (χ1n) is 5.53. The maximum absolute atomic E-state index is 13.4. The van der Waals surface area contributed by atoms with E-state index in [0.29, 0.717) is 12.1 Å². The second-order valence-corrected chi connectivity index (χ2v) is 4.10. The molecule has 1 atom stereocenters. The summed E-state index contributed by atoms with van der Waals surface area (Å²) in [7, 11) is 1.36. The number of halogens is 1. The molecule has 0 bridgehead atoms. The number of nitriles is 1. The van der Waals surface area contributed by atoms with E-state index >= 15 is 0 Å². The van der Waals surface area contributed by atoms with E-state index in [4.69, 9.17) is 10.00 Å². The Balaban J connectivity index is 2.90. The molecule has 1 aromatic carbocycles. The summed E-state index contributed by atoms with van der Waals surface area (Å²) >= 11 is 0. The fourth-order valence-electron chi connectivity index (χ4n) is 1.30. The van der Waals surface area contributed by atoms with Gasteiger partial charge in [0.05, 0.1) is 13.2 Å². The number of benzene rings is 1. The molecule has 18 heavy (non-hydrogen) atoms. The number of nitrogens with zero attached hydrogens (tertiary/aromatic N) is 1. The van der Waals surface area contributed by atoms with E-state index in [1.165, 1.54) is 19.2 Å². The quantitative estimate of drug-likeness (QED) is 0.893. The second-order valence-electron chi connectivity index (χ2n) is 4.10. The number of hydrogen-bond acceptors (Lipinski definition) is 3. The molecule has 1 rings (SSSR count). The molecule has 0 aliphatic carbocycles. The number of hydrogen-bond donors (Lipinski definition) is 1. The van der Waals surface area contributed by atoms with E-state index < -0.39 is 17.1 Å². The molecule has 1 unspecified atom stereocenters. The normalized spacial score (nSPS) is 13.3. The number of carbonyl (C=O) groups excluding carboxylic acids is 1. The van der Waals surface area contributed by atoms with Gasteiger partial charge in [0.1, 0.15) is 5.41 Å². The maximum Gasteiger partial charge on any atom is 0.244 e. The minimum absolute atomic E-state index is 0.103. The van der Waals surface area contributed by atoms with Gasteiger partial charge in [-0.3, -0.25) is 4.79 Å². The topological polar surface area (TPSA) is 62.1 Å². The van der Waals surface area contributed by atoms with Crippen molar-refractivity contribution in [2.45, 2.75) is 20.3 Å². The van der Waals surface area contributed by atoms with Crippen molar-refractivity contribution in [2.75, 3.05) is 12.4 Å². The lowest BCUT2D eigenvalue weighted by atomic mass is 9.88. The van der Waals surface area contributed by atoms with E-state index in [0.717, 1.165) is 6.07 Å². The van der Waals surface area contributed by atoms with Crippen molar-refractivity contribution in [3.63, 3.8) is 0 Å². The van der Waals surface area contributed by atoms with Crippen LogP contribution in [0.1, 0.15) is 20.3 Å².